The van der Waals surface area contributed by atoms with Gasteiger partial charge in [-0.05, 0) is 43.2 Å². The van der Waals surface area contributed by atoms with Crippen LogP contribution in [-0.4, -0.2) is 47.9 Å². The first kappa shape index (κ1) is 23.7. The number of guanidine groups is 1. The van der Waals surface area contributed by atoms with Crippen LogP contribution in [0.3, 0.4) is 0 Å². The molecule has 160 valence electrons. The Kier molecular flexibility index (Phi) is 9.59. The smallest absolute Gasteiger partial charge is 0.191 e. The molecule has 0 saturated carbocycles. The minimum atomic E-state index is 0. The standard InChI is InChI=1S/C22H29N7.HI/c1-4-23-22(26-17-19-7-5-13-24-21(19)28(2)3)25-15-12-18-8-10-20(11-9-18)29-16-6-14-27-29;/h5-11,13-14,16H,4,12,15,17H2,1-3H3,(H2,23,25,26);1H. The lowest BCUT2D eigenvalue weighted by Gasteiger charge is -2.15. The van der Waals surface area contributed by atoms with Crippen LogP contribution in [0, 0.1) is 0 Å². The van der Waals surface area contributed by atoms with Gasteiger partial charge in [0.1, 0.15) is 5.82 Å². The Morgan fingerprint density at radius 3 is 2.53 bits per heavy atom. The summed E-state index contributed by atoms with van der Waals surface area (Å²) in [7, 11) is 3.99. The number of pyridine rings is 1. The molecule has 0 unspecified atom stereocenters. The van der Waals surface area contributed by atoms with Crippen LogP contribution in [0.2, 0.25) is 0 Å². The summed E-state index contributed by atoms with van der Waals surface area (Å²) in [5.74, 6) is 1.76. The maximum Gasteiger partial charge on any atom is 0.191 e. The highest BCUT2D eigenvalue weighted by Crippen LogP contribution is 2.15. The summed E-state index contributed by atoms with van der Waals surface area (Å²) in [6, 6.07) is 14.4. The summed E-state index contributed by atoms with van der Waals surface area (Å²) >= 11 is 0. The average molecular weight is 519 g/mol. The monoisotopic (exact) mass is 519 g/mol. The van der Waals surface area contributed by atoms with Gasteiger partial charge in [-0.3, -0.25) is 0 Å². The molecule has 0 aliphatic heterocycles. The molecule has 0 amide bonds. The molecule has 3 rings (SSSR count). The van der Waals surface area contributed by atoms with Crippen LogP contribution in [0.1, 0.15) is 18.1 Å². The van der Waals surface area contributed by atoms with Crippen molar-refractivity contribution in [3.05, 3.63) is 72.2 Å². The van der Waals surface area contributed by atoms with Crippen molar-refractivity contribution in [2.45, 2.75) is 19.9 Å². The number of anilines is 1. The molecule has 0 radical (unpaired) electrons. The van der Waals surface area contributed by atoms with Crippen molar-refractivity contribution in [1.29, 1.82) is 0 Å². The number of aromatic nitrogens is 3. The molecule has 0 saturated heterocycles. The molecule has 1 aromatic carbocycles. The van der Waals surface area contributed by atoms with E-state index in [-0.39, 0.29) is 24.0 Å². The Morgan fingerprint density at radius 2 is 1.87 bits per heavy atom. The lowest BCUT2D eigenvalue weighted by molar-refractivity contribution is 0.798. The van der Waals surface area contributed by atoms with Crippen LogP contribution in [0.25, 0.3) is 5.69 Å². The third kappa shape index (κ3) is 6.72. The van der Waals surface area contributed by atoms with Gasteiger partial charge in [0.05, 0.1) is 12.2 Å². The number of nitrogens with one attached hydrogen (secondary N) is 2. The van der Waals surface area contributed by atoms with Crippen LogP contribution >= 0.6 is 24.0 Å². The van der Waals surface area contributed by atoms with Crippen molar-refractivity contribution in [3.8, 4) is 5.69 Å². The highest BCUT2D eigenvalue weighted by atomic mass is 127. The third-order valence-corrected chi connectivity index (χ3v) is 4.45. The maximum absolute atomic E-state index is 4.72. The number of benzene rings is 1. The molecule has 0 aliphatic carbocycles. The summed E-state index contributed by atoms with van der Waals surface area (Å²) in [6.07, 6.45) is 6.45. The van der Waals surface area contributed by atoms with E-state index in [4.69, 9.17) is 4.99 Å². The Labute approximate surface area is 195 Å². The second-order valence-electron chi connectivity index (χ2n) is 6.87. The summed E-state index contributed by atoms with van der Waals surface area (Å²) in [5.41, 5.74) is 3.44. The molecular formula is C22H30IN7. The molecule has 7 nitrogen and oxygen atoms in total. The van der Waals surface area contributed by atoms with Gasteiger partial charge < -0.3 is 15.5 Å². The van der Waals surface area contributed by atoms with Crippen molar-refractivity contribution >= 4 is 35.8 Å². The first-order chi connectivity index (χ1) is 14.2. The minimum Gasteiger partial charge on any atom is -0.362 e. The fourth-order valence-corrected chi connectivity index (χ4v) is 3.02. The fraction of sp³-hybridized carbons (Fsp3) is 0.318. The first-order valence-electron chi connectivity index (χ1n) is 9.89. The average Bonchev–Trinajstić information content (AvgIpc) is 3.27. The van der Waals surface area contributed by atoms with Crippen LogP contribution in [0.15, 0.2) is 66.0 Å². The second-order valence-corrected chi connectivity index (χ2v) is 6.87. The number of rotatable bonds is 8. The molecular weight excluding hydrogens is 489 g/mol. The van der Waals surface area contributed by atoms with Gasteiger partial charge in [-0.2, -0.15) is 5.10 Å². The molecule has 0 atom stereocenters. The number of aliphatic imine (C=N–C) groups is 1. The number of halogens is 1. The van der Waals surface area contributed by atoms with Crippen LogP contribution in [-0.2, 0) is 13.0 Å². The zero-order valence-corrected chi connectivity index (χ0v) is 20.1. The molecule has 3 aromatic rings. The molecule has 2 aromatic heterocycles. The Hall–Kier alpha value is -2.62. The van der Waals surface area contributed by atoms with E-state index in [1.807, 2.05) is 48.2 Å². The third-order valence-electron chi connectivity index (χ3n) is 4.45. The van der Waals surface area contributed by atoms with E-state index in [2.05, 4.69) is 58.0 Å². The molecule has 0 spiro atoms. The Bertz CT molecular complexity index is 906. The Balaban J connectivity index is 0.00000320. The van der Waals surface area contributed by atoms with Crippen molar-refractivity contribution in [3.63, 3.8) is 0 Å². The van der Waals surface area contributed by atoms with Crippen LogP contribution in [0.4, 0.5) is 5.82 Å². The van der Waals surface area contributed by atoms with Gasteiger partial charge in [-0.25, -0.2) is 14.7 Å². The summed E-state index contributed by atoms with van der Waals surface area (Å²) in [4.78, 5) is 11.2. The van der Waals surface area contributed by atoms with Gasteiger partial charge in [-0.1, -0.05) is 18.2 Å². The van der Waals surface area contributed by atoms with Crippen LogP contribution < -0.4 is 15.5 Å². The van der Waals surface area contributed by atoms with E-state index in [1.165, 1.54) is 5.56 Å². The second kappa shape index (κ2) is 12.2. The van der Waals surface area contributed by atoms with Gasteiger partial charge in [0.25, 0.3) is 0 Å². The zero-order chi connectivity index (χ0) is 20.5. The number of hydrogen-bond acceptors (Lipinski definition) is 4. The van der Waals surface area contributed by atoms with E-state index >= 15 is 0 Å². The topological polar surface area (TPSA) is 70.4 Å². The van der Waals surface area contributed by atoms with E-state index in [0.717, 1.165) is 42.5 Å². The van der Waals surface area contributed by atoms with Crippen molar-refractivity contribution in [2.75, 3.05) is 32.1 Å². The summed E-state index contributed by atoms with van der Waals surface area (Å²) in [5, 5.41) is 11.0. The maximum atomic E-state index is 4.72. The van der Waals surface area contributed by atoms with E-state index in [0.29, 0.717) is 6.54 Å². The van der Waals surface area contributed by atoms with Gasteiger partial charge in [-0.15, -0.1) is 24.0 Å². The van der Waals surface area contributed by atoms with Crippen molar-refractivity contribution < 1.29 is 0 Å². The SMILES string of the molecule is CCNC(=NCc1cccnc1N(C)C)NCCc1ccc(-n2cccn2)cc1.I. The molecule has 2 N–H and O–H groups in total. The lowest BCUT2D eigenvalue weighted by atomic mass is 10.1. The summed E-state index contributed by atoms with van der Waals surface area (Å²) in [6.45, 7) is 4.27. The predicted octanol–water partition coefficient (Wildman–Crippen LogP) is 3.25. The molecule has 0 aliphatic rings. The molecule has 30 heavy (non-hydrogen) atoms. The fourth-order valence-electron chi connectivity index (χ4n) is 3.02. The van der Waals surface area contributed by atoms with Crippen molar-refractivity contribution in [1.82, 2.24) is 25.4 Å². The molecule has 8 heteroatoms. The molecule has 0 fully saturated rings. The number of hydrogen-bond donors (Lipinski definition) is 2. The van der Waals surface area contributed by atoms with Crippen LogP contribution in [0.5, 0.6) is 0 Å². The predicted molar refractivity (Wildman–Crippen MR) is 134 cm³/mol. The van der Waals surface area contributed by atoms with Gasteiger partial charge in [0, 0.05) is 51.3 Å². The summed E-state index contributed by atoms with van der Waals surface area (Å²) < 4.78 is 1.86. The molecule has 2 heterocycles. The highest BCUT2D eigenvalue weighted by molar-refractivity contribution is 14.0. The van der Waals surface area contributed by atoms with E-state index in [1.54, 1.807) is 6.20 Å². The zero-order valence-electron chi connectivity index (χ0n) is 17.7. The highest BCUT2D eigenvalue weighted by Gasteiger charge is 2.05. The van der Waals surface area contributed by atoms with Crippen molar-refractivity contribution in [2.24, 2.45) is 4.99 Å². The van der Waals surface area contributed by atoms with Gasteiger partial charge >= 0.3 is 0 Å². The van der Waals surface area contributed by atoms with E-state index in [9.17, 15) is 0 Å². The Morgan fingerprint density at radius 1 is 1.07 bits per heavy atom. The van der Waals surface area contributed by atoms with Gasteiger partial charge in [0.2, 0.25) is 0 Å². The molecule has 0 bridgehead atoms. The minimum absolute atomic E-state index is 0. The largest absolute Gasteiger partial charge is 0.362 e. The lowest BCUT2D eigenvalue weighted by Crippen LogP contribution is -2.38. The van der Waals surface area contributed by atoms with Gasteiger partial charge in [0.15, 0.2) is 5.96 Å². The number of nitrogens with zero attached hydrogens (tertiary/aromatic N) is 5. The first-order valence-corrected chi connectivity index (χ1v) is 9.89. The van der Waals surface area contributed by atoms with E-state index < -0.39 is 0 Å². The quantitative estimate of drug-likeness (QED) is 0.272. The normalized spacial score (nSPS) is 11.0.